The second-order valence-corrected chi connectivity index (χ2v) is 8.37. The minimum Gasteiger partial charge on any atom is -0.365 e. The highest BCUT2D eigenvalue weighted by Gasteiger charge is 2.29. The molecular weight excluding hydrogens is 426 g/mol. The van der Waals surface area contributed by atoms with Crippen molar-refractivity contribution in [1.82, 2.24) is 5.43 Å². The fraction of sp³-hybridized carbons (Fsp3) is 0.238. The summed E-state index contributed by atoms with van der Waals surface area (Å²) < 4.78 is 0.718. The van der Waals surface area contributed by atoms with Crippen molar-refractivity contribution in [3.63, 3.8) is 0 Å². The van der Waals surface area contributed by atoms with Crippen molar-refractivity contribution in [2.75, 3.05) is 11.9 Å². The molecule has 140 valence electrons. The molecule has 2 aromatic carbocycles. The number of nitrogens with one attached hydrogen (secondary N) is 1. The lowest BCUT2D eigenvalue weighted by Crippen LogP contribution is -2.42. The van der Waals surface area contributed by atoms with E-state index in [0.717, 1.165) is 21.3 Å². The molecule has 0 unspecified atom stereocenters. The molecule has 1 amide bonds. The number of hydrogen-bond acceptors (Lipinski definition) is 3. The topological polar surface area (TPSA) is 44.7 Å². The van der Waals surface area contributed by atoms with Crippen molar-refractivity contribution in [1.29, 1.82) is 0 Å². The van der Waals surface area contributed by atoms with Gasteiger partial charge in [0.15, 0.2) is 0 Å². The fourth-order valence-corrected chi connectivity index (χ4v) is 3.82. The van der Waals surface area contributed by atoms with E-state index in [-0.39, 0.29) is 11.4 Å². The summed E-state index contributed by atoms with van der Waals surface area (Å²) in [5.74, 6) is -0.287. The zero-order chi connectivity index (χ0) is 19.8. The van der Waals surface area contributed by atoms with E-state index in [1.54, 1.807) is 18.3 Å². The first kappa shape index (κ1) is 19.6. The zero-order valence-electron chi connectivity index (χ0n) is 15.7. The van der Waals surface area contributed by atoms with Gasteiger partial charge in [-0.25, -0.2) is 5.43 Å². The van der Waals surface area contributed by atoms with Gasteiger partial charge < -0.3 is 4.90 Å². The smallest absolute Gasteiger partial charge is 0.272 e. The van der Waals surface area contributed by atoms with Gasteiger partial charge in [-0.3, -0.25) is 4.79 Å². The zero-order valence-corrected chi connectivity index (χ0v) is 18.0. The van der Waals surface area contributed by atoms with E-state index in [1.165, 1.54) is 5.57 Å². The highest BCUT2D eigenvalue weighted by atomic mass is 79.9. The summed E-state index contributed by atoms with van der Waals surface area (Å²) in [4.78, 5) is 14.4. The number of hydrogen-bond donors (Lipinski definition) is 1. The standard InChI is InChI=1S/C21H21BrClN3O/c1-13-11-21(2,3)26(4)19-10-18(23)14(9-16(13)19)12-24-25-20(27)15-7-5-6-8-17(15)22/h5-12H,1-4H3,(H,25,27)/b24-12+. The Morgan fingerprint density at radius 3 is 2.70 bits per heavy atom. The molecule has 1 N–H and O–H groups in total. The first-order valence-corrected chi connectivity index (χ1v) is 9.73. The maximum Gasteiger partial charge on any atom is 0.272 e. The normalized spacial score (nSPS) is 15.5. The summed E-state index contributed by atoms with van der Waals surface area (Å²) >= 11 is 9.83. The van der Waals surface area contributed by atoms with Crippen molar-refractivity contribution in [2.24, 2.45) is 5.10 Å². The molecule has 0 saturated heterocycles. The third kappa shape index (κ3) is 3.94. The van der Waals surface area contributed by atoms with Crippen LogP contribution in [0, 0.1) is 0 Å². The number of allylic oxidation sites excluding steroid dienone is 1. The fourth-order valence-electron chi connectivity index (χ4n) is 3.15. The van der Waals surface area contributed by atoms with E-state index in [4.69, 9.17) is 11.6 Å². The monoisotopic (exact) mass is 445 g/mol. The van der Waals surface area contributed by atoms with Gasteiger partial charge >= 0.3 is 0 Å². The van der Waals surface area contributed by atoms with Crippen molar-refractivity contribution in [3.8, 4) is 0 Å². The van der Waals surface area contributed by atoms with Crippen LogP contribution in [-0.4, -0.2) is 24.7 Å². The van der Waals surface area contributed by atoms with Gasteiger partial charge in [-0.05, 0) is 66.5 Å². The summed E-state index contributed by atoms with van der Waals surface area (Å²) in [5.41, 5.74) is 7.13. The lowest BCUT2D eigenvalue weighted by Gasteiger charge is -2.40. The Bertz CT molecular complexity index is 966. The Balaban J connectivity index is 1.85. The van der Waals surface area contributed by atoms with Crippen LogP contribution in [-0.2, 0) is 0 Å². The van der Waals surface area contributed by atoms with Crippen LogP contribution in [0.5, 0.6) is 0 Å². The van der Waals surface area contributed by atoms with Crippen molar-refractivity contribution < 1.29 is 4.79 Å². The highest BCUT2D eigenvalue weighted by Crippen LogP contribution is 2.40. The third-order valence-corrected chi connectivity index (χ3v) is 5.84. The summed E-state index contributed by atoms with van der Waals surface area (Å²) in [6.45, 7) is 6.43. The summed E-state index contributed by atoms with van der Waals surface area (Å²) in [7, 11) is 2.06. The summed E-state index contributed by atoms with van der Waals surface area (Å²) in [5, 5.41) is 4.67. The average Bonchev–Trinajstić information content (AvgIpc) is 2.60. The molecule has 4 nitrogen and oxygen atoms in total. The molecule has 1 aliphatic rings. The number of carbonyl (C=O) groups excluding carboxylic acids is 1. The van der Waals surface area contributed by atoms with Crippen LogP contribution in [0.4, 0.5) is 5.69 Å². The molecule has 0 bridgehead atoms. The van der Waals surface area contributed by atoms with Crippen molar-refractivity contribution in [3.05, 3.63) is 68.7 Å². The van der Waals surface area contributed by atoms with Crippen LogP contribution in [0.25, 0.3) is 5.57 Å². The maximum atomic E-state index is 12.2. The van der Waals surface area contributed by atoms with Gasteiger partial charge in [0.1, 0.15) is 0 Å². The number of nitrogens with zero attached hydrogens (tertiary/aromatic N) is 2. The highest BCUT2D eigenvalue weighted by molar-refractivity contribution is 9.10. The molecule has 2 aromatic rings. The number of amides is 1. The molecule has 27 heavy (non-hydrogen) atoms. The van der Waals surface area contributed by atoms with Crippen LogP contribution < -0.4 is 10.3 Å². The third-order valence-electron chi connectivity index (χ3n) is 4.82. The Morgan fingerprint density at radius 1 is 1.30 bits per heavy atom. The van der Waals surface area contributed by atoms with Gasteiger partial charge in [-0.2, -0.15) is 5.10 Å². The molecule has 0 saturated carbocycles. The second kappa shape index (κ2) is 7.49. The van der Waals surface area contributed by atoms with E-state index < -0.39 is 0 Å². The van der Waals surface area contributed by atoms with Crippen LogP contribution in [0.15, 0.2) is 52.0 Å². The van der Waals surface area contributed by atoms with E-state index in [9.17, 15) is 4.79 Å². The molecule has 0 aromatic heterocycles. The lowest BCUT2D eigenvalue weighted by molar-refractivity contribution is 0.0954. The second-order valence-electron chi connectivity index (χ2n) is 7.11. The van der Waals surface area contributed by atoms with Crippen LogP contribution in [0.3, 0.4) is 0 Å². The summed E-state index contributed by atoms with van der Waals surface area (Å²) in [6.07, 6.45) is 3.81. The van der Waals surface area contributed by atoms with Gasteiger partial charge in [0.05, 0.1) is 22.3 Å². The Kier molecular flexibility index (Phi) is 5.45. The maximum absolute atomic E-state index is 12.2. The van der Waals surface area contributed by atoms with Crippen LogP contribution >= 0.6 is 27.5 Å². The predicted octanol–water partition coefficient (Wildman–Crippen LogP) is 5.50. The molecule has 0 radical (unpaired) electrons. The number of carbonyl (C=O) groups is 1. The quantitative estimate of drug-likeness (QED) is 0.500. The molecule has 3 rings (SSSR count). The first-order valence-electron chi connectivity index (χ1n) is 8.56. The van der Waals surface area contributed by atoms with Crippen LogP contribution in [0.1, 0.15) is 42.3 Å². The number of likely N-dealkylation sites (N-methyl/N-ethyl adjacent to an activating group) is 1. The Hall–Kier alpha value is -2.11. The van der Waals surface area contributed by atoms with Crippen LogP contribution in [0.2, 0.25) is 5.02 Å². The Labute approximate surface area is 173 Å². The van der Waals surface area contributed by atoms with E-state index >= 15 is 0 Å². The van der Waals surface area contributed by atoms with Crippen molar-refractivity contribution >= 4 is 50.9 Å². The average molecular weight is 447 g/mol. The molecule has 6 heteroatoms. The van der Waals surface area contributed by atoms with E-state index in [1.807, 2.05) is 24.3 Å². The molecule has 0 aliphatic carbocycles. The van der Waals surface area contributed by atoms with E-state index in [2.05, 4.69) is 65.3 Å². The lowest BCUT2D eigenvalue weighted by atomic mass is 9.88. The van der Waals surface area contributed by atoms with E-state index in [0.29, 0.717) is 10.6 Å². The van der Waals surface area contributed by atoms with Gasteiger partial charge in [-0.15, -0.1) is 0 Å². The molecule has 0 fully saturated rings. The minimum absolute atomic E-state index is 0.0763. The molecule has 1 heterocycles. The molecular formula is C21H21BrClN3O. The SMILES string of the molecule is CC1=CC(C)(C)N(C)c2cc(Cl)c(/C=N/NC(=O)c3ccccc3Br)cc21. The number of fused-ring (bicyclic) bond motifs is 1. The number of hydrazone groups is 1. The Morgan fingerprint density at radius 2 is 2.00 bits per heavy atom. The molecule has 0 spiro atoms. The summed E-state index contributed by atoms with van der Waals surface area (Å²) in [6, 6.07) is 11.1. The number of halogens is 2. The number of benzene rings is 2. The largest absolute Gasteiger partial charge is 0.365 e. The van der Waals surface area contributed by atoms with Gasteiger partial charge in [0.2, 0.25) is 0 Å². The van der Waals surface area contributed by atoms with Crippen molar-refractivity contribution in [2.45, 2.75) is 26.3 Å². The minimum atomic E-state index is -0.287. The molecule has 0 atom stereocenters. The predicted molar refractivity (Wildman–Crippen MR) is 117 cm³/mol. The molecule has 1 aliphatic heterocycles. The number of anilines is 1. The van der Waals surface area contributed by atoms with Gasteiger partial charge in [0.25, 0.3) is 5.91 Å². The number of rotatable bonds is 3. The van der Waals surface area contributed by atoms with Gasteiger partial charge in [-0.1, -0.05) is 29.8 Å². The van der Waals surface area contributed by atoms with Gasteiger partial charge in [0, 0.05) is 28.3 Å². The first-order chi connectivity index (χ1) is 12.7.